The second kappa shape index (κ2) is 6.35. The van der Waals surface area contributed by atoms with Crippen LogP contribution in [0.15, 0.2) is 27.6 Å². The van der Waals surface area contributed by atoms with Gasteiger partial charge in [0.2, 0.25) is 10.0 Å². The molecule has 1 aromatic carbocycles. The van der Waals surface area contributed by atoms with Gasteiger partial charge in [-0.05, 0) is 49.4 Å². The molecule has 0 saturated carbocycles. The molecule has 0 bridgehead atoms. The summed E-state index contributed by atoms with van der Waals surface area (Å²) in [6, 6.07) is 5.04. The van der Waals surface area contributed by atoms with Crippen LogP contribution in [0.3, 0.4) is 0 Å². The van der Waals surface area contributed by atoms with E-state index in [1.807, 2.05) is 6.92 Å². The number of aryl methyl sites for hydroxylation is 1. The van der Waals surface area contributed by atoms with E-state index in [4.69, 9.17) is 4.74 Å². The highest BCUT2D eigenvalue weighted by atomic mass is 79.9. The minimum atomic E-state index is -3.40. The molecule has 1 heterocycles. The van der Waals surface area contributed by atoms with Gasteiger partial charge in [0.1, 0.15) is 0 Å². The van der Waals surface area contributed by atoms with Crippen LogP contribution in [0, 0.1) is 12.8 Å². The summed E-state index contributed by atoms with van der Waals surface area (Å²) in [7, 11) is -3.40. The van der Waals surface area contributed by atoms with Crippen molar-refractivity contribution >= 4 is 26.0 Å². The van der Waals surface area contributed by atoms with Crippen molar-refractivity contribution in [2.75, 3.05) is 19.8 Å². The smallest absolute Gasteiger partial charge is 0.240 e. The van der Waals surface area contributed by atoms with Crippen LogP contribution >= 0.6 is 15.9 Å². The van der Waals surface area contributed by atoms with E-state index in [1.54, 1.807) is 18.2 Å². The number of sulfonamides is 1. The molecule has 1 unspecified atom stereocenters. The molecule has 0 amide bonds. The number of rotatable bonds is 5. The number of halogens is 1. The summed E-state index contributed by atoms with van der Waals surface area (Å²) in [6.45, 7) is 3.88. The van der Waals surface area contributed by atoms with Gasteiger partial charge in [-0.2, -0.15) is 0 Å². The molecule has 0 spiro atoms. The van der Waals surface area contributed by atoms with Crippen LogP contribution in [-0.2, 0) is 14.8 Å². The van der Waals surface area contributed by atoms with Gasteiger partial charge in [0.25, 0.3) is 0 Å². The van der Waals surface area contributed by atoms with Gasteiger partial charge in [-0.15, -0.1) is 0 Å². The van der Waals surface area contributed by atoms with Crippen molar-refractivity contribution in [2.45, 2.75) is 24.7 Å². The number of hydrogen-bond acceptors (Lipinski definition) is 3. The van der Waals surface area contributed by atoms with Gasteiger partial charge in [0.15, 0.2) is 0 Å². The first-order valence-electron chi connectivity index (χ1n) is 6.32. The third-order valence-electron chi connectivity index (χ3n) is 3.31. The standard InChI is InChI=1S/C13H18BrNO3S/c1-10-8-12(2-3-13(10)14)19(16,17)15-6-4-11-5-7-18-9-11/h2-3,8,11,15H,4-7,9H2,1H3. The van der Waals surface area contributed by atoms with Crippen LogP contribution in [-0.4, -0.2) is 28.2 Å². The van der Waals surface area contributed by atoms with Crippen molar-refractivity contribution < 1.29 is 13.2 Å². The van der Waals surface area contributed by atoms with Crippen molar-refractivity contribution in [1.29, 1.82) is 0 Å². The van der Waals surface area contributed by atoms with Gasteiger partial charge in [0.05, 0.1) is 4.90 Å². The number of nitrogens with one attached hydrogen (secondary N) is 1. The SMILES string of the molecule is Cc1cc(S(=O)(=O)NCCC2CCOC2)ccc1Br. The molecule has 106 valence electrons. The summed E-state index contributed by atoms with van der Waals surface area (Å²) in [5, 5.41) is 0. The van der Waals surface area contributed by atoms with Crippen LogP contribution in [0.5, 0.6) is 0 Å². The molecular formula is C13H18BrNO3S. The summed E-state index contributed by atoms with van der Waals surface area (Å²) in [4.78, 5) is 0.316. The van der Waals surface area contributed by atoms with E-state index < -0.39 is 10.0 Å². The van der Waals surface area contributed by atoms with Crippen molar-refractivity contribution in [3.05, 3.63) is 28.2 Å². The molecule has 1 aliphatic rings. The highest BCUT2D eigenvalue weighted by Crippen LogP contribution is 2.20. The van der Waals surface area contributed by atoms with Crippen molar-refractivity contribution in [3.8, 4) is 0 Å². The van der Waals surface area contributed by atoms with Crippen molar-refractivity contribution in [2.24, 2.45) is 5.92 Å². The second-order valence-electron chi connectivity index (χ2n) is 4.83. The third kappa shape index (κ3) is 4.02. The monoisotopic (exact) mass is 347 g/mol. The molecule has 1 saturated heterocycles. The first-order chi connectivity index (χ1) is 8.99. The zero-order valence-corrected chi connectivity index (χ0v) is 13.3. The molecule has 2 rings (SSSR count). The van der Waals surface area contributed by atoms with Gasteiger partial charge in [-0.3, -0.25) is 0 Å². The van der Waals surface area contributed by atoms with Crippen LogP contribution < -0.4 is 4.72 Å². The Balaban J connectivity index is 1.95. The fraction of sp³-hybridized carbons (Fsp3) is 0.538. The van der Waals surface area contributed by atoms with Gasteiger partial charge in [-0.1, -0.05) is 15.9 Å². The van der Waals surface area contributed by atoms with Crippen molar-refractivity contribution in [3.63, 3.8) is 0 Å². The topological polar surface area (TPSA) is 55.4 Å². The van der Waals surface area contributed by atoms with Crippen LogP contribution in [0.4, 0.5) is 0 Å². The fourth-order valence-corrected chi connectivity index (χ4v) is 3.46. The molecule has 1 fully saturated rings. The van der Waals surface area contributed by atoms with E-state index in [0.717, 1.165) is 36.1 Å². The Kier molecular flexibility index (Phi) is 5.00. The lowest BCUT2D eigenvalue weighted by atomic mass is 10.1. The average molecular weight is 348 g/mol. The largest absolute Gasteiger partial charge is 0.381 e. The lowest BCUT2D eigenvalue weighted by Crippen LogP contribution is -2.26. The van der Waals surface area contributed by atoms with E-state index in [0.29, 0.717) is 17.4 Å². The Morgan fingerprint density at radius 1 is 1.47 bits per heavy atom. The Hall–Kier alpha value is -0.430. The lowest BCUT2D eigenvalue weighted by molar-refractivity contribution is 0.184. The quantitative estimate of drug-likeness (QED) is 0.889. The molecule has 19 heavy (non-hydrogen) atoms. The van der Waals surface area contributed by atoms with Crippen molar-refractivity contribution in [1.82, 2.24) is 4.72 Å². The minimum Gasteiger partial charge on any atom is -0.381 e. The first-order valence-corrected chi connectivity index (χ1v) is 8.60. The van der Waals surface area contributed by atoms with E-state index in [9.17, 15) is 8.42 Å². The van der Waals surface area contributed by atoms with Gasteiger partial charge < -0.3 is 4.74 Å². The molecule has 0 radical (unpaired) electrons. The zero-order valence-electron chi connectivity index (χ0n) is 10.9. The van der Waals surface area contributed by atoms with Crippen LogP contribution in [0.2, 0.25) is 0 Å². The molecule has 1 N–H and O–H groups in total. The summed E-state index contributed by atoms with van der Waals surface area (Å²) >= 11 is 3.36. The average Bonchev–Trinajstić information content (AvgIpc) is 2.85. The van der Waals surface area contributed by atoms with Gasteiger partial charge in [-0.25, -0.2) is 13.1 Å². The summed E-state index contributed by atoms with van der Waals surface area (Å²) in [6.07, 6.45) is 1.86. The molecule has 1 aliphatic heterocycles. The molecule has 0 aliphatic carbocycles. The Morgan fingerprint density at radius 2 is 2.26 bits per heavy atom. The second-order valence-corrected chi connectivity index (χ2v) is 7.45. The van der Waals surface area contributed by atoms with E-state index in [1.165, 1.54) is 0 Å². The highest BCUT2D eigenvalue weighted by molar-refractivity contribution is 9.10. The predicted octanol–water partition coefficient (Wildman–Crippen LogP) is 2.46. The molecular weight excluding hydrogens is 330 g/mol. The summed E-state index contributed by atoms with van der Waals surface area (Å²) < 4.78 is 33.1. The van der Waals surface area contributed by atoms with E-state index in [2.05, 4.69) is 20.7 Å². The fourth-order valence-electron chi connectivity index (χ4n) is 2.08. The summed E-state index contributed by atoms with van der Waals surface area (Å²) in [5.74, 6) is 0.481. The Bertz CT molecular complexity index is 539. The highest BCUT2D eigenvalue weighted by Gasteiger charge is 2.18. The third-order valence-corrected chi connectivity index (χ3v) is 5.66. The molecule has 1 aromatic rings. The molecule has 6 heteroatoms. The maximum absolute atomic E-state index is 12.1. The first kappa shape index (κ1) is 15.0. The number of ether oxygens (including phenoxy) is 1. The number of benzene rings is 1. The maximum Gasteiger partial charge on any atom is 0.240 e. The minimum absolute atomic E-state index is 0.316. The van der Waals surface area contributed by atoms with Crippen LogP contribution in [0.1, 0.15) is 18.4 Å². The lowest BCUT2D eigenvalue weighted by Gasteiger charge is -2.10. The maximum atomic E-state index is 12.1. The molecule has 4 nitrogen and oxygen atoms in total. The van der Waals surface area contributed by atoms with E-state index in [-0.39, 0.29) is 0 Å². The predicted molar refractivity (Wildman–Crippen MR) is 77.6 cm³/mol. The van der Waals surface area contributed by atoms with Crippen LogP contribution in [0.25, 0.3) is 0 Å². The van der Waals surface area contributed by atoms with E-state index >= 15 is 0 Å². The van der Waals surface area contributed by atoms with Gasteiger partial charge in [0, 0.05) is 24.2 Å². The van der Waals surface area contributed by atoms with Gasteiger partial charge >= 0.3 is 0 Å². The Morgan fingerprint density at radius 3 is 2.89 bits per heavy atom. The molecule has 1 atom stereocenters. The summed E-state index contributed by atoms with van der Waals surface area (Å²) in [5.41, 5.74) is 0.909. The normalized spacial score (nSPS) is 19.8. The molecule has 0 aromatic heterocycles. The zero-order chi connectivity index (χ0) is 13.9. The Labute approximate surface area is 122 Å². The number of hydrogen-bond donors (Lipinski definition) is 1.